The van der Waals surface area contributed by atoms with Gasteiger partial charge in [0.05, 0.1) is 12.0 Å². The lowest BCUT2D eigenvalue weighted by Crippen LogP contribution is -2.49. The summed E-state index contributed by atoms with van der Waals surface area (Å²) in [4.78, 5) is 12.6. The molecule has 3 N–H and O–H groups in total. The molecule has 1 fully saturated rings. The highest BCUT2D eigenvalue weighted by molar-refractivity contribution is 7.89. The molecule has 0 spiro atoms. The number of nitrogens with one attached hydrogen (secondary N) is 3. The lowest BCUT2D eigenvalue weighted by atomic mass is 10.0. The van der Waals surface area contributed by atoms with Crippen LogP contribution in [0.2, 0.25) is 0 Å². The minimum atomic E-state index is -3.79. The average molecular weight is 384 g/mol. The fourth-order valence-electron chi connectivity index (χ4n) is 2.95. The van der Waals surface area contributed by atoms with Gasteiger partial charge in [0.1, 0.15) is 11.8 Å². The van der Waals surface area contributed by atoms with Gasteiger partial charge < -0.3 is 15.4 Å². The first kappa shape index (κ1) is 20.7. The molecule has 0 bridgehead atoms. The van der Waals surface area contributed by atoms with Gasteiger partial charge in [-0.15, -0.1) is 0 Å². The Hall–Kier alpha value is -1.64. The zero-order valence-electron chi connectivity index (χ0n) is 15.6. The Labute approximate surface area is 155 Å². The van der Waals surface area contributed by atoms with Crippen LogP contribution >= 0.6 is 0 Å². The molecule has 8 heteroatoms. The van der Waals surface area contributed by atoms with E-state index in [4.69, 9.17) is 4.74 Å². The molecule has 1 saturated heterocycles. The van der Waals surface area contributed by atoms with Crippen LogP contribution < -0.4 is 20.1 Å². The van der Waals surface area contributed by atoms with E-state index in [2.05, 4.69) is 15.4 Å². The van der Waals surface area contributed by atoms with E-state index < -0.39 is 16.1 Å². The van der Waals surface area contributed by atoms with Crippen molar-refractivity contribution in [3.63, 3.8) is 0 Å². The van der Waals surface area contributed by atoms with Crippen molar-refractivity contribution >= 4 is 15.9 Å². The van der Waals surface area contributed by atoms with Crippen molar-refractivity contribution in [2.24, 2.45) is 11.8 Å². The van der Waals surface area contributed by atoms with E-state index in [1.807, 2.05) is 13.8 Å². The number of carbonyl (C=O) groups excluding carboxylic acids is 1. The molecular formula is C18H29N3O4S. The number of amides is 1. The average Bonchev–Trinajstić information content (AvgIpc) is 3.13. The van der Waals surface area contributed by atoms with E-state index in [0.717, 1.165) is 25.9 Å². The molecule has 2 atom stereocenters. The predicted octanol–water partition coefficient (Wildman–Crippen LogP) is 1.11. The third-order valence-corrected chi connectivity index (χ3v) is 6.07. The quantitative estimate of drug-likeness (QED) is 0.594. The summed E-state index contributed by atoms with van der Waals surface area (Å²) >= 11 is 0. The van der Waals surface area contributed by atoms with E-state index in [1.165, 1.54) is 19.2 Å². The molecule has 2 rings (SSSR count). The summed E-state index contributed by atoms with van der Waals surface area (Å²) < 4.78 is 32.8. The Balaban J connectivity index is 1.97. The van der Waals surface area contributed by atoms with Crippen LogP contribution in [0.15, 0.2) is 29.2 Å². The van der Waals surface area contributed by atoms with Crippen molar-refractivity contribution in [3.05, 3.63) is 24.3 Å². The van der Waals surface area contributed by atoms with Gasteiger partial charge in [-0.2, -0.15) is 4.72 Å². The van der Waals surface area contributed by atoms with Crippen LogP contribution in [0.3, 0.4) is 0 Å². The second-order valence-corrected chi connectivity index (χ2v) is 8.67. The van der Waals surface area contributed by atoms with Crippen molar-refractivity contribution in [2.75, 3.05) is 26.7 Å². The van der Waals surface area contributed by atoms with Gasteiger partial charge in [0.25, 0.3) is 0 Å². The summed E-state index contributed by atoms with van der Waals surface area (Å²) in [5.41, 5.74) is 0. The summed E-state index contributed by atoms with van der Waals surface area (Å²) in [5.74, 6) is 0.687. The van der Waals surface area contributed by atoms with Gasteiger partial charge in [0.2, 0.25) is 15.9 Å². The Morgan fingerprint density at radius 2 is 2.00 bits per heavy atom. The van der Waals surface area contributed by atoms with E-state index >= 15 is 0 Å². The molecule has 0 saturated carbocycles. The standard InChI is InChI=1S/C18H29N3O4S/c1-13(2)17(18(22)20-11-9-14-8-10-19-12-14)21-26(23,24)16-6-4-15(25-3)5-7-16/h4-7,13-14,17,19,21H,8-12H2,1-3H3,(H,20,22). The molecule has 2 unspecified atom stereocenters. The maximum absolute atomic E-state index is 12.6. The molecule has 0 aromatic heterocycles. The van der Waals surface area contributed by atoms with E-state index in [0.29, 0.717) is 18.2 Å². The number of rotatable bonds is 9. The van der Waals surface area contributed by atoms with Crippen LogP contribution in [0, 0.1) is 11.8 Å². The maximum atomic E-state index is 12.6. The fraction of sp³-hybridized carbons (Fsp3) is 0.611. The summed E-state index contributed by atoms with van der Waals surface area (Å²) in [6.07, 6.45) is 2.02. The highest BCUT2D eigenvalue weighted by Crippen LogP contribution is 2.17. The van der Waals surface area contributed by atoms with E-state index in [1.54, 1.807) is 12.1 Å². The van der Waals surface area contributed by atoms with Gasteiger partial charge in [-0.05, 0) is 62.0 Å². The molecule has 7 nitrogen and oxygen atoms in total. The number of hydrogen-bond donors (Lipinski definition) is 3. The first-order valence-corrected chi connectivity index (χ1v) is 10.5. The number of hydrogen-bond acceptors (Lipinski definition) is 5. The zero-order valence-corrected chi connectivity index (χ0v) is 16.4. The monoisotopic (exact) mass is 383 g/mol. The Bertz CT molecular complexity index is 683. The Morgan fingerprint density at radius 1 is 1.31 bits per heavy atom. The summed E-state index contributed by atoms with van der Waals surface area (Å²) in [6.45, 7) is 6.20. The van der Waals surface area contributed by atoms with Gasteiger partial charge >= 0.3 is 0 Å². The van der Waals surface area contributed by atoms with Crippen LogP contribution in [-0.2, 0) is 14.8 Å². The maximum Gasteiger partial charge on any atom is 0.241 e. The number of ether oxygens (including phenoxy) is 1. The number of methoxy groups -OCH3 is 1. The largest absolute Gasteiger partial charge is 0.497 e. The van der Waals surface area contributed by atoms with Crippen molar-refractivity contribution in [1.82, 2.24) is 15.4 Å². The van der Waals surface area contributed by atoms with Gasteiger partial charge in [0.15, 0.2) is 0 Å². The van der Waals surface area contributed by atoms with Crippen LogP contribution in [0.1, 0.15) is 26.7 Å². The van der Waals surface area contributed by atoms with Crippen LogP contribution in [-0.4, -0.2) is 47.1 Å². The zero-order chi connectivity index (χ0) is 19.2. The van der Waals surface area contributed by atoms with Crippen molar-refractivity contribution in [1.29, 1.82) is 0 Å². The molecule has 0 aliphatic carbocycles. The topological polar surface area (TPSA) is 96.5 Å². The molecule has 1 aromatic carbocycles. The highest BCUT2D eigenvalue weighted by Gasteiger charge is 2.28. The first-order valence-electron chi connectivity index (χ1n) is 8.98. The molecule has 1 aliphatic heterocycles. The predicted molar refractivity (Wildman–Crippen MR) is 101 cm³/mol. The summed E-state index contributed by atoms with van der Waals surface area (Å²) in [7, 11) is -2.28. The van der Waals surface area contributed by atoms with Crippen LogP contribution in [0.4, 0.5) is 0 Å². The molecule has 1 amide bonds. The molecule has 1 aromatic rings. The molecule has 146 valence electrons. The van der Waals surface area contributed by atoms with E-state index in [-0.39, 0.29) is 16.7 Å². The molecule has 26 heavy (non-hydrogen) atoms. The second-order valence-electron chi connectivity index (χ2n) is 6.96. The van der Waals surface area contributed by atoms with Crippen molar-refractivity contribution in [3.8, 4) is 5.75 Å². The Morgan fingerprint density at radius 3 is 2.54 bits per heavy atom. The minimum absolute atomic E-state index is 0.105. The lowest BCUT2D eigenvalue weighted by molar-refractivity contribution is -0.123. The first-order chi connectivity index (χ1) is 12.3. The van der Waals surface area contributed by atoms with Gasteiger partial charge in [-0.25, -0.2) is 8.42 Å². The van der Waals surface area contributed by atoms with Gasteiger partial charge in [0, 0.05) is 6.54 Å². The SMILES string of the molecule is COc1ccc(S(=O)(=O)NC(C(=O)NCCC2CCNC2)C(C)C)cc1. The molecule has 0 radical (unpaired) electrons. The molecule has 1 aliphatic rings. The van der Waals surface area contributed by atoms with Crippen molar-refractivity contribution < 1.29 is 17.9 Å². The minimum Gasteiger partial charge on any atom is -0.497 e. The fourth-order valence-corrected chi connectivity index (χ4v) is 4.30. The molecular weight excluding hydrogens is 354 g/mol. The third kappa shape index (κ3) is 5.69. The Kier molecular flexibility index (Phi) is 7.43. The second kappa shape index (κ2) is 9.34. The van der Waals surface area contributed by atoms with Gasteiger partial charge in [-0.1, -0.05) is 13.8 Å². The van der Waals surface area contributed by atoms with Gasteiger partial charge in [-0.3, -0.25) is 4.79 Å². The van der Waals surface area contributed by atoms with E-state index in [9.17, 15) is 13.2 Å². The van der Waals surface area contributed by atoms with Crippen molar-refractivity contribution in [2.45, 2.75) is 37.6 Å². The summed E-state index contributed by atoms with van der Waals surface area (Å²) in [5, 5.41) is 6.17. The van der Waals surface area contributed by atoms with Crippen LogP contribution in [0.5, 0.6) is 5.75 Å². The summed E-state index contributed by atoms with van der Waals surface area (Å²) in [6, 6.07) is 5.26. The molecule has 1 heterocycles. The van der Waals surface area contributed by atoms with Crippen LogP contribution in [0.25, 0.3) is 0 Å². The third-order valence-electron chi connectivity index (χ3n) is 4.62. The highest BCUT2D eigenvalue weighted by atomic mass is 32.2. The number of benzene rings is 1. The number of carbonyl (C=O) groups is 1. The lowest BCUT2D eigenvalue weighted by Gasteiger charge is -2.22. The normalized spacial score (nSPS) is 18.7. The number of sulfonamides is 1. The smallest absolute Gasteiger partial charge is 0.241 e.